The zero-order valence-corrected chi connectivity index (χ0v) is 16.5. The van der Waals surface area contributed by atoms with Gasteiger partial charge in [0.2, 0.25) is 0 Å². The SMILES string of the molecule is COc1nccnc1OC1CCCN(C(=O)c2cc(-c3ccccc3)nn2C)C1. The molecule has 8 nitrogen and oxygen atoms in total. The molecule has 1 aliphatic heterocycles. The summed E-state index contributed by atoms with van der Waals surface area (Å²) in [5.74, 6) is 0.637. The summed E-state index contributed by atoms with van der Waals surface area (Å²) >= 11 is 0. The average molecular weight is 393 g/mol. The Morgan fingerprint density at radius 2 is 1.90 bits per heavy atom. The molecule has 0 spiro atoms. The number of aryl methyl sites for hydroxylation is 1. The van der Waals surface area contributed by atoms with E-state index >= 15 is 0 Å². The quantitative estimate of drug-likeness (QED) is 0.663. The van der Waals surface area contributed by atoms with Gasteiger partial charge >= 0.3 is 0 Å². The first kappa shape index (κ1) is 18.9. The highest BCUT2D eigenvalue weighted by atomic mass is 16.5. The monoisotopic (exact) mass is 393 g/mol. The summed E-state index contributed by atoms with van der Waals surface area (Å²) < 4.78 is 12.8. The molecule has 3 aromatic rings. The molecular formula is C21H23N5O3. The number of benzene rings is 1. The smallest absolute Gasteiger partial charge is 0.278 e. The molecule has 0 aliphatic carbocycles. The van der Waals surface area contributed by atoms with Crippen LogP contribution in [0.3, 0.4) is 0 Å². The zero-order valence-electron chi connectivity index (χ0n) is 16.5. The zero-order chi connectivity index (χ0) is 20.2. The van der Waals surface area contributed by atoms with Gasteiger partial charge in [-0.1, -0.05) is 30.3 Å². The van der Waals surface area contributed by atoms with Gasteiger partial charge in [-0.15, -0.1) is 0 Å². The van der Waals surface area contributed by atoms with Crippen molar-refractivity contribution in [2.45, 2.75) is 18.9 Å². The van der Waals surface area contributed by atoms with Crippen molar-refractivity contribution in [1.82, 2.24) is 24.6 Å². The number of methoxy groups -OCH3 is 1. The fourth-order valence-corrected chi connectivity index (χ4v) is 3.49. The van der Waals surface area contributed by atoms with E-state index in [9.17, 15) is 4.79 Å². The van der Waals surface area contributed by atoms with Crippen LogP contribution in [0.5, 0.6) is 11.8 Å². The second kappa shape index (κ2) is 8.30. The van der Waals surface area contributed by atoms with E-state index in [1.165, 1.54) is 7.11 Å². The average Bonchev–Trinajstić information content (AvgIpc) is 3.16. The molecule has 1 aliphatic rings. The van der Waals surface area contributed by atoms with Crippen molar-refractivity contribution in [2.24, 2.45) is 7.05 Å². The Morgan fingerprint density at radius 1 is 1.14 bits per heavy atom. The number of aromatic nitrogens is 4. The van der Waals surface area contributed by atoms with Gasteiger partial charge in [0.15, 0.2) is 0 Å². The third-order valence-corrected chi connectivity index (χ3v) is 4.94. The lowest BCUT2D eigenvalue weighted by atomic mass is 10.1. The van der Waals surface area contributed by atoms with Crippen LogP contribution in [0.2, 0.25) is 0 Å². The number of carbonyl (C=O) groups excluding carboxylic acids is 1. The van der Waals surface area contributed by atoms with Crippen LogP contribution in [-0.4, -0.2) is 56.9 Å². The van der Waals surface area contributed by atoms with Crippen molar-refractivity contribution in [3.8, 4) is 23.0 Å². The van der Waals surface area contributed by atoms with Crippen LogP contribution in [0.4, 0.5) is 0 Å². The van der Waals surface area contributed by atoms with Crippen molar-refractivity contribution >= 4 is 5.91 Å². The lowest BCUT2D eigenvalue weighted by Gasteiger charge is -2.32. The van der Waals surface area contributed by atoms with Crippen molar-refractivity contribution in [3.63, 3.8) is 0 Å². The number of amides is 1. The molecule has 1 fully saturated rings. The predicted octanol–water partition coefficient (Wildman–Crippen LogP) is 2.57. The third kappa shape index (κ3) is 4.06. The molecule has 1 atom stereocenters. The Hall–Kier alpha value is -3.42. The van der Waals surface area contributed by atoms with Crippen molar-refractivity contribution in [3.05, 3.63) is 54.5 Å². The van der Waals surface area contributed by atoms with Crippen molar-refractivity contribution in [2.75, 3.05) is 20.2 Å². The number of rotatable bonds is 5. The van der Waals surface area contributed by atoms with E-state index < -0.39 is 0 Å². The van der Waals surface area contributed by atoms with Gasteiger partial charge in [0.05, 0.1) is 19.3 Å². The van der Waals surface area contributed by atoms with Crippen LogP contribution in [0.1, 0.15) is 23.3 Å². The minimum absolute atomic E-state index is 0.0541. The molecule has 1 saturated heterocycles. The number of carbonyl (C=O) groups is 1. The molecular weight excluding hydrogens is 370 g/mol. The van der Waals surface area contributed by atoms with Gasteiger partial charge in [-0.3, -0.25) is 9.48 Å². The summed E-state index contributed by atoms with van der Waals surface area (Å²) in [5.41, 5.74) is 2.32. The van der Waals surface area contributed by atoms with Crippen LogP contribution in [0, 0.1) is 0 Å². The van der Waals surface area contributed by atoms with Gasteiger partial charge < -0.3 is 14.4 Å². The molecule has 2 aromatic heterocycles. The summed E-state index contributed by atoms with van der Waals surface area (Å²) in [7, 11) is 3.32. The number of likely N-dealkylation sites (tertiary alicyclic amines) is 1. The standard InChI is InChI=1S/C21H23N5O3/c1-25-18(13-17(24-25)15-7-4-3-5-8-15)21(27)26-12-6-9-16(14-26)29-20-19(28-2)22-10-11-23-20/h3-5,7-8,10-11,13,16H,6,9,12,14H2,1-2H3. The number of hydrogen-bond acceptors (Lipinski definition) is 6. The maximum atomic E-state index is 13.1. The van der Waals surface area contributed by atoms with Crippen molar-refractivity contribution < 1.29 is 14.3 Å². The third-order valence-electron chi connectivity index (χ3n) is 4.94. The summed E-state index contributed by atoms with van der Waals surface area (Å²) in [6, 6.07) is 11.7. The molecule has 1 aromatic carbocycles. The van der Waals surface area contributed by atoms with E-state index in [1.54, 1.807) is 24.1 Å². The van der Waals surface area contributed by atoms with E-state index in [0.29, 0.717) is 30.5 Å². The molecule has 0 saturated carbocycles. The molecule has 150 valence electrons. The fraction of sp³-hybridized carbons (Fsp3) is 0.333. The number of ether oxygens (including phenoxy) is 2. The van der Waals surface area contributed by atoms with Crippen LogP contribution in [0.15, 0.2) is 48.8 Å². The summed E-state index contributed by atoms with van der Waals surface area (Å²) in [6.45, 7) is 1.16. The molecule has 3 heterocycles. The molecule has 4 rings (SSSR count). The van der Waals surface area contributed by atoms with Crippen LogP contribution < -0.4 is 9.47 Å². The highest BCUT2D eigenvalue weighted by Gasteiger charge is 2.28. The minimum atomic E-state index is -0.167. The van der Waals surface area contributed by atoms with Crippen LogP contribution in [-0.2, 0) is 7.05 Å². The number of hydrogen-bond donors (Lipinski definition) is 0. The Kier molecular flexibility index (Phi) is 5.41. The molecule has 0 N–H and O–H groups in total. The van der Waals surface area contributed by atoms with Gasteiger partial charge in [0.25, 0.3) is 17.7 Å². The molecule has 0 bridgehead atoms. The van der Waals surface area contributed by atoms with E-state index in [-0.39, 0.29) is 12.0 Å². The summed E-state index contributed by atoms with van der Waals surface area (Å²) in [6.07, 6.45) is 4.63. The highest BCUT2D eigenvalue weighted by Crippen LogP contribution is 2.25. The van der Waals surface area contributed by atoms with E-state index in [1.807, 2.05) is 41.3 Å². The van der Waals surface area contributed by atoms with Gasteiger partial charge in [0.1, 0.15) is 11.8 Å². The molecule has 29 heavy (non-hydrogen) atoms. The predicted molar refractivity (Wildman–Crippen MR) is 107 cm³/mol. The second-order valence-corrected chi connectivity index (χ2v) is 6.91. The van der Waals surface area contributed by atoms with E-state index in [0.717, 1.165) is 24.1 Å². The molecule has 1 amide bonds. The summed E-state index contributed by atoms with van der Waals surface area (Å²) in [5, 5.41) is 4.51. The van der Waals surface area contributed by atoms with Gasteiger partial charge in [0, 0.05) is 31.5 Å². The summed E-state index contributed by atoms with van der Waals surface area (Å²) in [4.78, 5) is 23.3. The topological polar surface area (TPSA) is 82.4 Å². The van der Waals surface area contributed by atoms with Gasteiger partial charge in [-0.25, -0.2) is 9.97 Å². The second-order valence-electron chi connectivity index (χ2n) is 6.91. The first-order valence-electron chi connectivity index (χ1n) is 9.56. The Balaban J connectivity index is 1.48. The number of piperidine rings is 1. The van der Waals surface area contributed by atoms with Gasteiger partial charge in [-0.05, 0) is 18.9 Å². The highest BCUT2D eigenvalue weighted by molar-refractivity contribution is 5.93. The van der Waals surface area contributed by atoms with Crippen LogP contribution in [0.25, 0.3) is 11.3 Å². The first-order chi connectivity index (χ1) is 14.2. The number of nitrogens with zero attached hydrogens (tertiary/aromatic N) is 5. The largest absolute Gasteiger partial charge is 0.477 e. The molecule has 0 radical (unpaired) electrons. The maximum absolute atomic E-state index is 13.1. The lowest BCUT2D eigenvalue weighted by Crippen LogP contribution is -2.45. The Bertz CT molecular complexity index is 989. The molecule has 8 heteroatoms. The first-order valence-corrected chi connectivity index (χ1v) is 9.56. The maximum Gasteiger partial charge on any atom is 0.278 e. The lowest BCUT2D eigenvalue weighted by molar-refractivity contribution is 0.0510. The Morgan fingerprint density at radius 3 is 2.66 bits per heavy atom. The van der Waals surface area contributed by atoms with Crippen molar-refractivity contribution in [1.29, 1.82) is 0 Å². The van der Waals surface area contributed by atoms with Crippen LogP contribution >= 0.6 is 0 Å². The minimum Gasteiger partial charge on any atom is -0.477 e. The fourth-order valence-electron chi connectivity index (χ4n) is 3.49. The normalized spacial score (nSPS) is 16.5. The molecule has 1 unspecified atom stereocenters. The Labute approximate surface area is 169 Å². The van der Waals surface area contributed by atoms with Gasteiger partial charge in [-0.2, -0.15) is 5.10 Å². The van der Waals surface area contributed by atoms with E-state index in [2.05, 4.69) is 15.1 Å². The van der Waals surface area contributed by atoms with E-state index in [4.69, 9.17) is 9.47 Å².